The quantitative estimate of drug-likeness (QED) is 0.599. The summed E-state index contributed by atoms with van der Waals surface area (Å²) in [5, 5.41) is 8.50. The van der Waals surface area contributed by atoms with E-state index < -0.39 is 10.0 Å². The van der Waals surface area contributed by atoms with Crippen molar-refractivity contribution in [2.24, 2.45) is 22.0 Å². The largest absolute Gasteiger partial charge is 0.374 e. The highest BCUT2D eigenvalue weighted by atomic mass is 32.2. The van der Waals surface area contributed by atoms with Crippen molar-refractivity contribution in [2.75, 3.05) is 20.1 Å². The predicted octanol–water partition coefficient (Wildman–Crippen LogP) is 0.580. The Morgan fingerprint density at radius 2 is 2.04 bits per heavy atom. The second-order valence-electron chi connectivity index (χ2n) is 6.69. The number of hydrogen-bond acceptors (Lipinski definition) is 5. The molecule has 3 N–H and O–H groups in total. The maximum Gasteiger partial charge on any atom is 0.247 e. The molecule has 1 aromatic heterocycles. The molecule has 132 valence electrons. The topological polar surface area (TPSA) is 97.0 Å². The molecule has 3 fully saturated rings. The van der Waals surface area contributed by atoms with Gasteiger partial charge in [0.2, 0.25) is 10.0 Å². The fourth-order valence-electron chi connectivity index (χ4n) is 4.24. The van der Waals surface area contributed by atoms with Gasteiger partial charge in [0.25, 0.3) is 0 Å². The maximum atomic E-state index is 11.4. The Balaban J connectivity index is 1.38. The molecule has 24 heavy (non-hydrogen) atoms. The van der Waals surface area contributed by atoms with Gasteiger partial charge in [0, 0.05) is 36.9 Å². The molecule has 4 atom stereocenters. The molecule has 3 aliphatic rings. The van der Waals surface area contributed by atoms with Crippen LogP contribution in [0.2, 0.25) is 0 Å². The average Bonchev–Trinajstić information content (AvgIpc) is 3.28. The molecule has 2 bridgehead atoms. The Kier molecular flexibility index (Phi) is 4.06. The SMILES string of the molecule is CN=C(NCc1ccc(S(N)(=O)=O)s1)N1CC2C3CCC(O3)C2C1. The molecule has 4 rings (SSSR count). The number of likely N-dealkylation sites (tertiary alicyclic amines) is 1. The lowest BCUT2D eigenvalue weighted by atomic mass is 9.82. The molecule has 3 saturated heterocycles. The smallest absolute Gasteiger partial charge is 0.247 e. The Labute approximate surface area is 145 Å². The van der Waals surface area contributed by atoms with Gasteiger partial charge >= 0.3 is 0 Å². The van der Waals surface area contributed by atoms with Gasteiger partial charge in [-0.25, -0.2) is 13.6 Å². The summed E-state index contributed by atoms with van der Waals surface area (Å²) in [6, 6.07) is 3.34. The standard InChI is InChI=1S/C15H22N4O3S2/c1-17-15(18-6-9-2-5-14(23-9)24(16,20)21)19-7-10-11(8-19)13-4-3-12(10)22-13/h2,5,10-13H,3-4,6-8H2,1H3,(H,17,18)(H2,16,20,21). The van der Waals surface area contributed by atoms with Gasteiger partial charge in [0.1, 0.15) is 4.21 Å². The van der Waals surface area contributed by atoms with Crippen molar-refractivity contribution in [3.63, 3.8) is 0 Å². The lowest BCUT2D eigenvalue weighted by molar-refractivity contribution is 0.0767. The highest BCUT2D eigenvalue weighted by molar-refractivity contribution is 7.91. The molecular weight excluding hydrogens is 348 g/mol. The summed E-state index contributed by atoms with van der Waals surface area (Å²) >= 11 is 1.19. The van der Waals surface area contributed by atoms with Crippen molar-refractivity contribution in [1.29, 1.82) is 0 Å². The van der Waals surface area contributed by atoms with E-state index in [0.29, 0.717) is 30.6 Å². The van der Waals surface area contributed by atoms with E-state index in [9.17, 15) is 8.42 Å². The predicted molar refractivity (Wildman–Crippen MR) is 92.3 cm³/mol. The van der Waals surface area contributed by atoms with Crippen LogP contribution < -0.4 is 10.5 Å². The zero-order chi connectivity index (χ0) is 16.9. The van der Waals surface area contributed by atoms with E-state index in [1.165, 1.54) is 24.2 Å². The van der Waals surface area contributed by atoms with E-state index in [0.717, 1.165) is 23.9 Å². The van der Waals surface area contributed by atoms with E-state index in [1.807, 2.05) is 0 Å². The van der Waals surface area contributed by atoms with E-state index >= 15 is 0 Å². The third-order valence-electron chi connectivity index (χ3n) is 5.30. The number of nitrogens with one attached hydrogen (secondary N) is 1. The number of nitrogens with two attached hydrogens (primary N) is 1. The number of fused-ring (bicyclic) bond motifs is 5. The third kappa shape index (κ3) is 2.83. The number of guanidine groups is 1. The summed E-state index contributed by atoms with van der Waals surface area (Å²) in [5.74, 6) is 2.12. The monoisotopic (exact) mass is 370 g/mol. The Bertz CT molecular complexity index is 743. The molecular formula is C15H22N4O3S2. The van der Waals surface area contributed by atoms with E-state index in [4.69, 9.17) is 9.88 Å². The van der Waals surface area contributed by atoms with E-state index in [1.54, 1.807) is 19.2 Å². The Morgan fingerprint density at radius 1 is 1.38 bits per heavy atom. The van der Waals surface area contributed by atoms with Crippen molar-refractivity contribution >= 4 is 27.3 Å². The summed E-state index contributed by atoms with van der Waals surface area (Å²) < 4.78 is 28.9. The minimum atomic E-state index is -3.62. The molecule has 0 aromatic carbocycles. The molecule has 9 heteroatoms. The molecule has 7 nitrogen and oxygen atoms in total. The molecule has 0 amide bonds. The zero-order valence-electron chi connectivity index (χ0n) is 13.5. The fraction of sp³-hybridized carbons (Fsp3) is 0.667. The minimum absolute atomic E-state index is 0.193. The number of hydrogen-bond donors (Lipinski definition) is 2. The van der Waals surface area contributed by atoms with Crippen LogP contribution in [0.25, 0.3) is 0 Å². The van der Waals surface area contributed by atoms with Gasteiger partial charge in [-0.05, 0) is 25.0 Å². The van der Waals surface area contributed by atoms with E-state index in [2.05, 4.69) is 15.2 Å². The van der Waals surface area contributed by atoms with Crippen LogP contribution >= 0.6 is 11.3 Å². The summed E-state index contributed by atoms with van der Waals surface area (Å²) in [4.78, 5) is 7.61. The number of aliphatic imine (C=N–C) groups is 1. The van der Waals surface area contributed by atoms with E-state index in [-0.39, 0.29) is 4.21 Å². The molecule has 3 aliphatic heterocycles. The number of primary sulfonamides is 1. The van der Waals surface area contributed by atoms with Crippen LogP contribution in [0.3, 0.4) is 0 Å². The van der Waals surface area contributed by atoms with Crippen molar-refractivity contribution in [3.05, 3.63) is 17.0 Å². The number of rotatable bonds is 3. The lowest BCUT2D eigenvalue weighted by Gasteiger charge is -2.23. The Morgan fingerprint density at radius 3 is 2.58 bits per heavy atom. The Hall–Kier alpha value is -1.16. The van der Waals surface area contributed by atoms with Crippen molar-refractivity contribution < 1.29 is 13.2 Å². The first-order valence-electron chi connectivity index (χ1n) is 8.18. The van der Waals surface area contributed by atoms with Crippen LogP contribution in [0.1, 0.15) is 17.7 Å². The summed E-state index contributed by atoms with van der Waals surface area (Å²) in [6.07, 6.45) is 3.24. The first kappa shape index (κ1) is 16.3. The fourth-order valence-corrected chi connectivity index (χ4v) is 5.96. The highest BCUT2D eigenvalue weighted by Crippen LogP contribution is 2.47. The second kappa shape index (κ2) is 5.98. The van der Waals surface area contributed by atoms with Crippen molar-refractivity contribution in [3.8, 4) is 0 Å². The van der Waals surface area contributed by atoms with Gasteiger partial charge < -0.3 is 15.0 Å². The number of ether oxygens (including phenoxy) is 1. The second-order valence-corrected chi connectivity index (χ2v) is 9.65. The normalized spacial score (nSPS) is 32.4. The van der Waals surface area contributed by atoms with Crippen LogP contribution in [0, 0.1) is 11.8 Å². The van der Waals surface area contributed by atoms with Gasteiger partial charge in [-0.1, -0.05) is 0 Å². The van der Waals surface area contributed by atoms with Crippen molar-refractivity contribution in [2.45, 2.75) is 35.8 Å². The van der Waals surface area contributed by atoms with Gasteiger partial charge in [-0.3, -0.25) is 4.99 Å². The molecule has 1 aromatic rings. The zero-order valence-corrected chi connectivity index (χ0v) is 15.1. The molecule has 0 aliphatic carbocycles. The molecule has 0 saturated carbocycles. The lowest BCUT2D eigenvalue weighted by Crippen LogP contribution is -2.40. The van der Waals surface area contributed by atoms with Crippen LogP contribution in [0.5, 0.6) is 0 Å². The number of thiophene rings is 1. The van der Waals surface area contributed by atoms with Gasteiger partial charge in [-0.2, -0.15) is 0 Å². The van der Waals surface area contributed by atoms with Crippen LogP contribution in [0.15, 0.2) is 21.3 Å². The molecule has 0 spiro atoms. The van der Waals surface area contributed by atoms with Gasteiger partial charge in [-0.15, -0.1) is 11.3 Å². The first-order valence-corrected chi connectivity index (χ1v) is 10.5. The summed E-state index contributed by atoms with van der Waals surface area (Å²) in [7, 11) is -1.84. The van der Waals surface area contributed by atoms with Gasteiger partial charge in [0.15, 0.2) is 5.96 Å². The van der Waals surface area contributed by atoms with Gasteiger partial charge in [0.05, 0.1) is 18.8 Å². The number of sulfonamides is 1. The first-order chi connectivity index (χ1) is 11.5. The highest BCUT2D eigenvalue weighted by Gasteiger charge is 2.53. The molecule has 4 unspecified atom stereocenters. The van der Waals surface area contributed by atoms with Crippen molar-refractivity contribution in [1.82, 2.24) is 10.2 Å². The van der Waals surface area contributed by atoms with Crippen LogP contribution in [-0.4, -0.2) is 51.6 Å². The molecule has 0 radical (unpaired) electrons. The maximum absolute atomic E-state index is 11.4. The number of nitrogens with zero attached hydrogens (tertiary/aromatic N) is 2. The third-order valence-corrected chi connectivity index (χ3v) is 7.83. The minimum Gasteiger partial charge on any atom is -0.374 e. The summed E-state index contributed by atoms with van der Waals surface area (Å²) in [5.41, 5.74) is 0. The molecule has 4 heterocycles. The average molecular weight is 371 g/mol. The summed E-state index contributed by atoms with van der Waals surface area (Å²) in [6.45, 7) is 2.51. The van der Waals surface area contributed by atoms with Crippen LogP contribution in [0.4, 0.5) is 0 Å². The van der Waals surface area contributed by atoms with Crippen LogP contribution in [-0.2, 0) is 21.3 Å².